The Hall–Kier alpha value is -1.75. The van der Waals surface area contributed by atoms with Crippen LogP contribution in [0, 0.1) is 0 Å². The van der Waals surface area contributed by atoms with Crippen LogP contribution in [0.1, 0.15) is 19.4 Å². The van der Waals surface area contributed by atoms with Gasteiger partial charge in [0.1, 0.15) is 0 Å². The Balaban J connectivity index is 2.17. The Labute approximate surface area is 124 Å². The van der Waals surface area contributed by atoms with Crippen molar-refractivity contribution >= 4 is 23.5 Å². The fourth-order valence-electron chi connectivity index (χ4n) is 1.53. The average Bonchev–Trinajstić information content (AvgIpc) is 2.38. The van der Waals surface area contributed by atoms with Crippen LogP contribution in [-0.4, -0.2) is 31.1 Å². The van der Waals surface area contributed by atoms with Crippen molar-refractivity contribution in [1.29, 1.82) is 0 Å². The van der Waals surface area contributed by atoms with Crippen LogP contribution in [0.3, 0.4) is 0 Å². The van der Waals surface area contributed by atoms with Crippen LogP contribution in [0.25, 0.3) is 0 Å². The minimum absolute atomic E-state index is 0.0286. The molecule has 0 aliphatic heterocycles. The Morgan fingerprint density at radius 1 is 1.15 bits per heavy atom. The lowest BCUT2D eigenvalue weighted by Crippen LogP contribution is -2.44. The lowest BCUT2D eigenvalue weighted by Gasteiger charge is -2.10. The topological polar surface area (TPSA) is 70.2 Å². The van der Waals surface area contributed by atoms with Gasteiger partial charge in [0.15, 0.2) is 0 Å². The molecule has 0 aromatic heterocycles. The third-order valence-corrected chi connectivity index (χ3v) is 2.73. The second-order valence-corrected chi connectivity index (χ2v) is 5.14. The summed E-state index contributed by atoms with van der Waals surface area (Å²) in [5.41, 5.74) is 1.10. The van der Waals surface area contributed by atoms with Crippen LogP contribution >= 0.6 is 11.6 Å². The van der Waals surface area contributed by atoms with E-state index in [0.717, 1.165) is 12.0 Å². The predicted octanol–water partition coefficient (Wildman–Crippen LogP) is 1.71. The molecule has 0 aliphatic rings. The minimum Gasteiger partial charge on any atom is -0.354 e. The SMILES string of the molecule is CC(C)NC(=O)NCC(=O)NCCc1ccc(Cl)cc1. The van der Waals surface area contributed by atoms with Gasteiger partial charge in [-0.05, 0) is 38.0 Å². The van der Waals surface area contributed by atoms with Crippen molar-refractivity contribution in [2.45, 2.75) is 26.3 Å². The summed E-state index contributed by atoms with van der Waals surface area (Å²) in [5.74, 6) is -0.210. The summed E-state index contributed by atoms with van der Waals surface area (Å²) in [4.78, 5) is 22.8. The normalized spacial score (nSPS) is 10.2. The number of nitrogens with one attached hydrogen (secondary N) is 3. The van der Waals surface area contributed by atoms with Gasteiger partial charge < -0.3 is 16.0 Å². The number of amides is 3. The van der Waals surface area contributed by atoms with Crippen molar-refractivity contribution in [2.75, 3.05) is 13.1 Å². The summed E-state index contributed by atoms with van der Waals surface area (Å²) in [7, 11) is 0. The van der Waals surface area contributed by atoms with Gasteiger partial charge in [-0.1, -0.05) is 23.7 Å². The largest absolute Gasteiger partial charge is 0.354 e. The Bertz CT molecular complexity index is 446. The third-order valence-electron chi connectivity index (χ3n) is 2.48. The van der Waals surface area contributed by atoms with E-state index < -0.39 is 0 Å². The Kier molecular flexibility index (Phi) is 6.87. The molecule has 0 heterocycles. The first-order valence-electron chi connectivity index (χ1n) is 6.53. The second kappa shape index (κ2) is 8.43. The van der Waals surface area contributed by atoms with Crippen molar-refractivity contribution in [3.63, 3.8) is 0 Å². The van der Waals surface area contributed by atoms with Crippen molar-refractivity contribution in [3.8, 4) is 0 Å². The van der Waals surface area contributed by atoms with Gasteiger partial charge in [0.2, 0.25) is 5.91 Å². The fraction of sp³-hybridized carbons (Fsp3) is 0.429. The highest BCUT2D eigenvalue weighted by molar-refractivity contribution is 6.30. The monoisotopic (exact) mass is 297 g/mol. The summed E-state index contributed by atoms with van der Waals surface area (Å²) in [6.07, 6.45) is 0.723. The number of hydrogen-bond acceptors (Lipinski definition) is 2. The second-order valence-electron chi connectivity index (χ2n) is 4.71. The van der Waals surface area contributed by atoms with Gasteiger partial charge in [-0.15, -0.1) is 0 Å². The molecule has 0 radical (unpaired) electrons. The van der Waals surface area contributed by atoms with E-state index in [1.54, 1.807) is 0 Å². The van der Waals surface area contributed by atoms with Crippen molar-refractivity contribution in [1.82, 2.24) is 16.0 Å². The summed E-state index contributed by atoms with van der Waals surface area (Å²) >= 11 is 5.79. The van der Waals surface area contributed by atoms with Crippen LogP contribution in [-0.2, 0) is 11.2 Å². The molecule has 1 aromatic carbocycles. The molecule has 0 atom stereocenters. The van der Waals surface area contributed by atoms with E-state index in [4.69, 9.17) is 11.6 Å². The van der Waals surface area contributed by atoms with E-state index in [9.17, 15) is 9.59 Å². The summed E-state index contributed by atoms with van der Waals surface area (Å²) in [6.45, 7) is 4.20. The molecule has 0 bridgehead atoms. The van der Waals surface area contributed by atoms with Crippen molar-refractivity contribution in [2.24, 2.45) is 0 Å². The maximum Gasteiger partial charge on any atom is 0.315 e. The molecule has 3 N–H and O–H groups in total. The van der Waals surface area contributed by atoms with Gasteiger partial charge in [0, 0.05) is 17.6 Å². The van der Waals surface area contributed by atoms with E-state index in [1.165, 1.54) is 0 Å². The molecule has 1 aromatic rings. The number of benzene rings is 1. The number of urea groups is 1. The highest BCUT2D eigenvalue weighted by Crippen LogP contribution is 2.09. The van der Waals surface area contributed by atoms with E-state index >= 15 is 0 Å². The first kappa shape index (κ1) is 16.3. The van der Waals surface area contributed by atoms with Crippen LogP contribution in [0.15, 0.2) is 24.3 Å². The van der Waals surface area contributed by atoms with Gasteiger partial charge in [0.05, 0.1) is 6.54 Å². The Morgan fingerprint density at radius 3 is 2.40 bits per heavy atom. The molecule has 6 heteroatoms. The van der Waals surface area contributed by atoms with E-state index in [2.05, 4.69) is 16.0 Å². The molecule has 0 spiro atoms. The zero-order chi connectivity index (χ0) is 15.0. The number of carbonyl (C=O) groups is 2. The molecule has 110 valence electrons. The van der Waals surface area contributed by atoms with Crippen molar-refractivity contribution in [3.05, 3.63) is 34.9 Å². The highest BCUT2D eigenvalue weighted by atomic mass is 35.5. The quantitative estimate of drug-likeness (QED) is 0.748. The number of rotatable bonds is 6. The number of carbonyl (C=O) groups excluding carboxylic acids is 2. The summed E-state index contributed by atoms with van der Waals surface area (Å²) in [5, 5.41) is 8.57. The molecule has 0 unspecified atom stereocenters. The van der Waals surface area contributed by atoms with Crippen molar-refractivity contribution < 1.29 is 9.59 Å². The molecule has 20 heavy (non-hydrogen) atoms. The first-order chi connectivity index (χ1) is 9.47. The molecule has 5 nitrogen and oxygen atoms in total. The van der Waals surface area contributed by atoms with Crippen LogP contribution in [0.5, 0.6) is 0 Å². The summed E-state index contributed by atoms with van der Waals surface area (Å²) < 4.78 is 0. The number of hydrogen-bond donors (Lipinski definition) is 3. The minimum atomic E-state index is -0.340. The summed E-state index contributed by atoms with van der Waals surface area (Å²) in [6, 6.07) is 7.18. The predicted molar refractivity (Wildman–Crippen MR) is 79.8 cm³/mol. The van der Waals surface area contributed by atoms with Crippen LogP contribution in [0.2, 0.25) is 5.02 Å². The standard InChI is InChI=1S/C14H20ClN3O2/c1-10(2)18-14(20)17-9-13(19)16-8-7-11-3-5-12(15)6-4-11/h3-6,10H,7-9H2,1-2H3,(H,16,19)(H2,17,18,20). The Morgan fingerprint density at radius 2 is 1.80 bits per heavy atom. The lowest BCUT2D eigenvalue weighted by atomic mass is 10.1. The molecule has 1 rings (SSSR count). The molecule has 0 saturated heterocycles. The fourth-order valence-corrected chi connectivity index (χ4v) is 1.66. The van der Waals surface area contributed by atoms with E-state index in [-0.39, 0.29) is 24.5 Å². The highest BCUT2D eigenvalue weighted by Gasteiger charge is 2.05. The van der Waals surface area contributed by atoms with Crippen LogP contribution < -0.4 is 16.0 Å². The van der Waals surface area contributed by atoms with Gasteiger partial charge in [0.25, 0.3) is 0 Å². The number of halogens is 1. The van der Waals surface area contributed by atoms with E-state index in [0.29, 0.717) is 11.6 Å². The molecule has 0 aliphatic carbocycles. The lowest BCUT2D eigenvalue weighted by molar-refractivity contribution is -0.120. The zero-order valence-corrected chi connectivity index (χ0v) is 12.5. The molecular formula is C14H20ClN3O2. The molecule has 3 amide bonds. The first-order valence-corrected chi connectivity index (χ1v) is 6.90. The molecule has 0 saturated carbocycles. The van der Waals surface area contributed by atoms with Gasteiger partial charge in [-0.3, -0.25) is 4.79 Å². The maximum atomic E-state index is 11.5. The molecule has 0 fully saturated rings. The maximum absolute atomic E-state index is 11.5. The van der Waals surface area contributed by atoms with Crippen LogP contribution in [0.4, 0.5) is 4.79 Å². The van der Waals surface area contributed by atoms with E-state index in [1.807, 2.05) is 38.1 Å². The zero-order valence-electron chi connectivity index (χ0n) is 11.7. The smallest absolute Gasteiger partial charge is 0.315 e. The average molecular weight is 298 g/mol. The van der Waals surface area contributed by atoms with Gasteiger partial charge in [-0.2, -0.15) is 0 Å². The van der Waals surface area contributed by atoms with Gasteiger partial charge >= 0.3 is 6.03 Å². The van der Waals surface area contributed by atoms with Gasteiger partial charge in [-0.25, -0.2) is 4.79 Å². The molecular weight excluding hydrogens is 278 g/mol. The third kappa shape index (κ3) is 6.99.